The number of benzene rings is 2. The number of fused-ring (bicyclic) bond motifs is 1. The lowest BCUT2D eigenvalue weighted by molar-refractivity contribution is -0.130. The van der Waals surface area contributed by atoms with Gasteiger partial charge in [0.25, 0.3) is 0 Å². The fraction of sp³-hybridized carbons (Fsp3) is 0.435. The van der Waals surface area contributed by atoms with Crippen LogP contribution in [0.4, 0.5) is 5.69 Å². The molecule has 0 saturated heterocycles. The van der Waals surface area contributed by atoms with Gasteiger partial charge in [0.1, 0.15) is 0 Å². The van der Waals surface area contributed by atoms with Crippen LogP contribution in [0.5, 0.6) is 11.5 Å². The van der Waals surface area contributed by atoms with Gasteiger partial charge in [-0.2, -0.15) is 0 Å². The normalized spacial score (nSPS) is 13.3. The summed E-state index contributed by atoms with van der Waals surface area (Å²) in [5, 5.41) is 0. The molecule has 0 fully saturated rings. The van der Waals surface area contributed by atoms with Crippen molar-refractivity contribution >= 4 is 11.6 Å². The van der Waals surface area contributed by atoms with E-state index in [9.17, 15) is 4.79 Å². The Kier molecular flexibility index (Phi) is 6.12. The zero-order chi connectivity index (χ0) is 20.3. The molecule has 0 radical (unpaired) electrons. The standard InChI is InChI=1S/C23H30N2O3/c1-16(2)25(20-8-6-17(3)7-9-20)15-23(26)24-11-10-18-12-21(27-4)22(28-5)13-19(18)14-24/h6-9,12-13,16H,10-11,14-15H2,1-5H3. The molecule has 3 rings (SSSR count). The number of rotatable bonds is 6. The second-order valence-corrected chi connectivity index (χ2v) is 7.60. The predicted octanol–water partition coefficient (Wildman–Crippen LogP) is 3.81. The van der Waals surface area contributed by atoms with E-state index in [0.29, 0.717) is 18.8 Å². The van der Waals surface area contributed by atoms with Crippen molar-refractivity contribution in [2.24, 2.45) is 0 Å². The van der Waals surface area contributed by atoms with Crippen LogP contribution in [0.1, 0.15) is 30.5 Å². The van der Waals surface area contributed by atoms with Gasteiger partial charge in [-0.1, -0.05) is 17.7 Å². The van der Waals surface area contributed by atoms with E-state index in [1.165, 1.54) is 11.1 Å². The smallest absolute Gasteiger partial charge is 0.242 e. The van der Waals surface area contributed by atoms with Gasteiger partial charge in [0.05, 0.1) is 20.8 Å². The van der Waals surface area contributed by atoms with Crippen LogP contribution < -0.4 is 14.4 Å². The predicted molar refractivity (Wildman–Crippen MR) is 112 cm³/mol. The number of nitrogens with zero attached hydrogens (tertiary/aromatic N) is 2. The zero-order valence-corrected chi connectivity index (χ0v) is 17.5. The summed E-state index contributed by atoms with van der Waals surface area (Å²) in [6.07, 6.45) is 0.827. The van der Waals surface area contributed by atoms with Crippen LogP contribution in [0.25, 0.3) is 0 Å². The van der Waals surface area contributed by atoms with Gasteiger partial charge in [-0.15, -0.1) is 0 Å². The van der Waals surface area contributed by atoms with E-state index in [0.717, 1.165) is 30.0 Å². The molecule has 2 aromatic carbocycles. The summed E-state index contributed by atoms with van der Waals surface area (Å²) in [5.41, 5.74) is 4.65. The second-order valence-electron chi connectivity index (χ2n) is 7.60. The molecule has 2 aromatic rings. The first-order chi connectivity index (χ1) is 13.4. The number of anilines is 1. The molecule has 1 aliphatic heterocycles. The molecule has 0 bridgehead atoms. The zero-order valence-electron chi connectivity index (χ0n) is 17.5. The number of hydrogen-bond donors (Lipinski definition) is 0. The first kappa shape index (κ1) is 20.1. The third-order valence-electron chi connectivity index (χ3n) is 5.37. The molecule has 0 saturated carbocycles. The molecular formula is C23H30N2O3. The van der Waals surface area contributed by atoms with Crippen molar-refractivity contribution in [2.75, 3.05) is 32.2 Å². The number of hydrogen-bond acceptors (Lipinski definition) is 4. The van der Waals surface area contributed by atoms with E-state index in [2.05, 4.69) is 49.9 Å². The lowest BCUT2D eigenvalue weighted by Gasteiger charge is -2.34. The van der Waals surface area contributed by atoms with Crippen molar-refractivity contribution in [3.8, 4) is 11.5 Å². The van der Waals surface area contributed by atoms with Gasteiger partial charge in [0.2, 0.25) is 5.91 Å². The van der Waals surface area contributed by atoms with Crippen molar-refractivity contribution in [3.63, 3.8) is 0 Å². The number of carbonyl (C=O) groups excluding carboxylic acids is 1. The first-order valence-electron chi connectivity index (χ1n) is 9.77. The Morgan fingerprint density at radius 2 is 1.68 bits per heavy atom. The highest BCUT2D eigenvalue weighted by Crippen LogP contribution is 2.33. The van der Waals surface area contributed by atoms with Crippen LogP contribution in [0.2, 0.25) is 0 Å². The van der Waals surface area contributed by atoms with Crippen LogP contribution in [-0.2, 0) is 17.8 Å². The molecule has 150 valence electrons. The van der Waals surface area contributed by atoms with Gasteiger partial charge in [-0.3, -0.25) is 4.79 Å². The summed E-state index contributed by atoms with van der Waals surface area (Å²) in [5.74, 6) is 1.60. The van der Waals surface area contributed by atoms with Gasteiger partial charge in [0.15, 0.2) is 11.5 Å². The fourth-order valence-electron chi connectivity index (χ4n) is 3.65. The Labute approximate surface area is 167 Å². The Balaban J connectivity index is 1.75. The lowest BCUT2D eigenvalue weighted by atomic mass is 9.98. The summed E-state index contributed by atoms with van der Waals surface area (Å²) >= 11 is 0. The molecule has 1 heterocycles. The SMILES string of the molecule is COc1cc2c(cc1OC)CN(C(=O)CN(c1ccc(C)cc1)C(C)C)CC2. The van der Waals surface area contributed by atoms with Gasteiger partial charge < -0.3 is 19.3 Å². The van der Waals surface area contributed by atoms with Gasteiger partial charge in [-0.25, -0.2) is 0 Å². The van der Waals surface area contributed by atoms with E-state index < -0.39 is 0 Å². The average molecular weight is 383 g/mol. The van der Waals surface area contributed by atoms with Crippen molar-refractivity contribution in [2.45, 2.75) is 39.8 Å². The summed E-state index contributed by atoms with van der Waals surface area (Å²) in [6, 6.07) is 12.6. The van der Waals surface area contributed by atoms with Gasteiger partial charge in [0, 0.05) is 24.8 Å². The number of aryl methyl sites for hydroxylation is 1. The van der Waals surface area contributed by atoms with Crippen LogP contribution in [0.15, 0.2) is 36.4 Å². The highest BCUT2D eigenvalue weighted by Gasteiger charge is 2.25. The van der Waals surface area contributed by atoms with Crippen LogP contribution in [0, 0.1) is 6.92 Å². The van der Waals surface area contributed by atoms with Crippen molar-refractivity contribution < 1.29 is 14.3 Å². The lowest BCUT2D eigenvalue weighted by Crippen LogP contribution is -2.45. The third kappa shape index (κ3) is 4.24. The van der Waals surface area contributed by atoms with Crippen molar-refractivity contribution in [1.29, 1.82) is 0 Å². The molecule has 0 aliphatic carbocycles. The number of amides is 1. The van der Waals surface area contributed by atoms with E-state index in [-0.39, 0.29) is 11.9 Å². The van der Waals surface area contributed by atoms with Crippen LogP contribution in [-0.4, -0.2) is 44.2 Å². The number of carbonyl (C=O) groups is 1. The molecule has 1 aliphatic rings. The number of ether oxygens (including phenoxy) is 2. The summed E-state index contributed by atoms with van der Waals surface area (Å²) in [6.45, 7) is 8.02. The fourth-order valence-corrected chi connectivity index (χ4v) is 3.65. The Hall–Kier alpha value is -2.69. The maximum absolute atomic E-state index is 13.1. The quantitative estimate of drug-likeness (QED) is 0.762. The minimum absolute atomic E-state index is 0.148. The average Bonchev–Trinajstić information content (AvgIpc) is 2.70. The molecule has 0 N–H and O–H groups in total. The van der Waals surface area contributed by atoms with E-state index >= 15 is 0 Å². The molecule has 0 atom stereocenters. The van der Waals surface area contributed by atoms with Crippen molar-refractivity contribution in [1.82, 2.24) is 4.90 Å². The monoisotopic (exact) mass is 382 g/mol. The number of methoxy groups -OCH3 is 2. The molecule has 5 heteroatoms. The molecule has 5 nitrogen and oxygen atoms in total. The molecule has 0 spiro atoms. The molecule has 0 unspecified atom stereocenters. The van der Waals surface area contributed by atoms with E-state index in [1.807, 2.05) is 17.0 Å². The minimum Gasteiger partial charge on any atom is -0.493 e. The van der Waals surface area contributed by atoms with Crippen LogP contribution in [0.3, 0.4) is 0 Å². The summed E-state index contributed by atoms with van der Waals surface area (Å²) in [4.78, 5) is 17.2. The van der Waals surface area contributed by atoms with Crippen LogP contribution >= 0.6 is 0 Å². The molecule has 28 heavy (non-hydrogen) atoms. The highest BCUT2D eigenvalue weighted by molar-refractivity contribution is 5.82. The second kappa shape index (κ2) is 8.55. The van der Waals surface area contributed by atoms with E-state index in [4.69, 9.17) is 9.47 Å². The molecule has 0 aromatic heterocycles. The molecule has 1 amide bonds. The Morgan fingerprint density at radius 3 is 2.25 bits per heavy atom. The summed E-state index contributed by atoms with van der Waals surface area (Å²) < 4.78 is 10.8. The highest BCUT2D eigenvalue weighted by atomic mass is 16.5. The molecular weight excluding hydrogens is 352 g/mol. The van der Waals surface area contributed by atoms with Gasteiger partial charge >= 0.3 is 0 Å². The Bertz CT molecular complexity index is 830. The summed E-state index contributed by atoms with van der Waals surface area (Å²) in [7, 11) is 3.28. The third-order valence-corrected chi connectivity index (χ3v) is 5.37. The topological polar surface area (TPSA) is 42.0 Å². The van der Waals surface area contributed by atoms with Crippen molar-refractivity contribution in [3.05, 3.63) is 53.1 Å². The van der Waals surface area contributed by atoms with Gasteiger partial charge in [-0.05, 0) is 62.6 Å². The maximum atomic E-state index is 13.1. The Morgan fingerprint density at radius 1 is 1.07 bits per heavy atom. The first-order valence-corrected chi connectivity index (χ1v) is 9.77. The largest absolute Gasteiger partial charge is 0.493 e. The van der Waals surface area contributed by atoms with E-state index in [1.54, 1.807) is 14.2 Å². The minimum atomic E-state index is 0.148. The maximum Gasteiger partial charge on any atom is 0.242 e.